The van der Waals surface area contributed by atoms with E-state index in [-0.39, 0.29) is 5.56 Å². The van der Waals surface area contributed by atoms with Gasteiger partial charge in [-0.3, -0.25) is 0 Å². The highest BCUT2D eigenvalue weighted by molar-refractivity contribution is 5.95. The van der Waals surface area contributed by atoms with Crippen molar-refractivity contribution in [2.75, 3.05) is 43.5 Å². The fourth-order valence-electron chi connectivity index (χ4n) is 3.67. The Morgan fingerprint density at radius 1 is 1.06 bits per heavy atom. The van der Waals surface area contributed by atoms with Gasteiger partial charge in [-0.25, -0.2) is 14.8 Å². The minimum atomic E-state index is -0.945. The summed E-state index contributed by atoms with van der Waals surface area (Å²) in [5.74, 6) is 1.58. The van der Waals surface area contributed by atoms with Gasteiger partial charge in [-0.1, -0.05) is 18.2 Å². The van der Waals surface area contributed by atoms with Gasteiger partial charge in [0.1, 0.15) is 11.6 Å². The van der Waals surface area contributed by atoms with E-state index in [2.05, 4.69) is 20.1 Å². The van der Waals surface area contributed by atoms with E-state index in [9.17, 15) is 4.79 Å². The fraction of sp³-hybridized carbons (Fsp3) is 0.240. The number of hydrogen-bond donors (Lipinski definition) is 2. The quantitative estimate of drug-likeness (QED) is 0.443. The van der Waals surface area contributed by atoms with Crippen LogP contribution in [0.3, 0.4) is 0 Å². The second kappa shape index (κ2) is 10.5. The summed E-state index contributed by atoms with van der Waals surface area (Å²) in [6.45, 7) is 3.72. The lowest BCUT2D eigenvalue weighted by atomic mass is 10.2. The SMILES string of the molecule is COc1cccc(CN=C(Nc2ccc(C(=O)O)cc2)N2CCN(c3ccccn3)CC2)c1. The van der Waals surface area contributed by atoms with E-state index in [1.54, 1.807) is 31.4 Å². The largest absolute Gasteiger partial charge is 0.497 e. The summed E-state index contributed by atoms with van der Waals surface area (Å²) in [6.07, 6.45) is 1.81. The van der Waals surface area contributed by atoms with Crippen molar-refractivity contribution in [3.8, 4) is 5.75 Å². The number of benzene rings is 2. The second-order valence-electron chi connectivity index (χ2n) is 7.66. The molecule has 3 aromatic rings. The number of nitrogens with one attached hydrogen (secondary N) is 1. The normalized spacial score (nSPS) is 14.2. The molecule has 1 aliphatic rings. The number of hydrogen-bond acceptors (Lipinski definition) is 5. The molecule has 2 aromatic carbocycles. The Morgan fingerprint density at radius 2 is 1.85 bits per heavy atom. The van der Waals surface area contributed by atoms with E-state index in [0.717, 1.165) is 55.0 Å². The Bertz CT molecular complexity index is 1090. The average Bonchev–Trinajstić information content (AvgIpc) is 2.87. The number of carboxylic acids is 1. The van der Waals surface area contributed by atoms with Crippen molar-refractivity contribution in [1.82, 2.24) is 9.88 Å². The Kier molecular flexibility index (Phi) is 7.04. The van der Waals surface area contributed by atoms with Crippen molar-refractivity contribution in [2.45, 2.75) is 6.54 Å². The van der Waals surface area contributed by atoms with Gasteiger partial charge in [-0.15, -0.1) is 0 Å². The van der Waals surface area contributed by atoms with E-state index in [0.29, 0.717) is 6.54 Å². The predicted molar refractivity (Wildman–Crippen MR) is 129 cm³/mol. The Morgan fingerprint density at radius 3 is 2.52 bits per heavy atom. The summed E-state index contributed by atoms with van der Waals surface area (Å²) in [6, 6.07) is 20.5. The van der Waals surface area contributed by atoms with Gasteiger partial charge in [0.05, 0.1) is 19.2 Å². The second-order valence-corrected chi connectivity index (χ2v) is 7.66. The Labute approximate surface area is 193 Å². The topological polar surface area (TPSA) is 90.3 Å². The van der Waals surface area contributed by atoms with Crippen LogP contribution in [0.2, 0.25) is 0 Å². The summed E-state index contributed by atoms with van der Waals surface area (Å²) in [7, 11) is 1.65. The zero-order valence-corrected chi connectivity index (χ0v) is 18.5. The van der Waals surface area contributed by atoms with Crippen LogP contribution in [-0.4, -0.2) is 60.2 Å². The summed E-state index contributed by atoms with van der Waals surface area (Å²) < 4.78 is 5.32. The van der Waals surface area contributed by atoms with Crippen LogP contribution in [0, 0.1) is 0 Å². The smallest absolute Gasteiger partial charge is 0.335 e. The van der Waals surface area contributed by atoms with Crippen LogP contribution >= 0.6 is 0 Å². The van der Waals surface area contributed by atoms with Crippen molar-refractivity contribution in [3.63, 3.8) is 0 Å². The van der Waals surface area contributed by atoms with Gasteiger partial charge in [-0.05, 0) is 54.1 Å². The molecule has 2 heterocycles. The van der Waals surface area contributed by atoms with Gasteiger partial charge in [0.2, 0.25) is 0 Å². The van der Waals surface area contributed by atoms with Crippen molar-refractivity contribution in [1.29, 1.82) is 0 Å². The number of nitrogens with zero attached hydrogens (tertiary/aromatic N) is 4. The van der Waals surface area contributed by atoms with E-state index in [1.807, 2.05) is 48.7 Å². The number of piperazine rings is 1. The lowest BCUT2D eigenvalue weighted by Crippen LogP contribution is -2.51. The Balaban J connectivity index is 1.51. The lowest BCUT2D eigenvalue weighted by Gasteiger charge is -2.37. The number of aromatic nitrogens is 1. The van der Waals surface area contributed by atoms with Gasteiger partial charge in [-0.2, -0.15) is 0 Å². The molecule has 0 bridgehead atoms. The summed E-state index contributed by atoms with van der Waals surface area (Å²) >= 11 is 0. The maximum absolute atomic E-state index is 11.2. The monoisotopic (exact) mass is 445 g/mol. The van der Waals surface area contributed by atoms with Crippen molar-refractivity contribution in [3.05, 3.63) is 84.1 Å². The van der Waals surface area contributed by atoms with E-state index < -0.39 is 5.97 Å². The van der Waals surface area contributed by atoms with Crippen LogP contribution < -0.4 is 15.0 Å². The molecule has 0 aliphatic carbocycles. The standard InChI is InChI=1S/C25H27N5O3/c1-33-22-6-4-5-19(17-22)18-27-25(28-21-10-8-20(9-11-21)24(31)32)30-15-13-29(14-16-30)23-7-2-3-12-26-23/h2-12,17H,13-16,18H2,1H3,(H,27,28)(H,31,32). The first-order valence-electron chi connectivity index (χ1n) is 10.8. The highest BCUT2D eigenvalue weighted by Crippen LogP contribution is 2.17. The van der Waals surface area contributed by atoms with Crippen LogP contribution in [0.1, 0.15) is 15.9 Å². The zero-order valence-electron chi connectivity index (χ0n) is 18.5. The third kappa shape index (κ3) is 5.79. The van der Waals surface area contributed by atoms with Gasteiger partial charge in [0.25, 0.3) is 0 Å². The first-order chi connectivity index (χ1) is 16.1. The lowest BCUT2D eigenvalue weighted by molar-refractivity contribution is 0.0697. The molecule has 0 atom stereocenters. The number of carbonyl (C=O) groups is 1. The van der Waals surface area contributed by atoms with E-state index >= 15 is 0 Å². The number of methoxy groups -OCH3 is 1. The van der Waals surface area contributed by atoms with Gasteiger partial charge < -0.3 is 25.0 Å². The molecule has 8 nitrogen and oxygen atoms in total. The minimum absolute atomic E-state index is 0.249. The summed E-state index contributed by atoms with van der Waals surface area (Å²) in [4.78, 5) is 25.0. The van der Waals surface area contributed by atoms with Crippen molar-refractivity contribution in [2.24, 2.45) is 4.99 Å². The number of ether oxygens (including phenoxy) is 1. The van der Waals surface area contributed by atoms with Crippen LogP contribution in [0.5, 0.6) is 5.75 Å². The molecule has 170 valence electrons. The minimum Gasteiger partial charge on any atom is -0.497 e. The summed E-state index contributed by atoms with van der Waals surface area (Å²) in [5.41, 5.74) is 2.08. The molecule has 0 unspecified atom stereocenters. The molecule has 1 aromatic heterocycles. The number of aliphatic imine (C=N–C) groups is 1. The van der Waals surface area contributed by atoms with Crippen LogP contribution in [0.25, 0.3) is 0 Å². The number of anilines is 2. The summed E-state index contributed by atoms with van der Waals surface area (Å²) in [5, 5.41) is 12.5. The molecule has 33 heavy (non-hydrogen) atoms. The van der Waals surface area contributed by atoms with E-state index in [1.165, 1.54) is 0 Å². The fourth-order valence-corrected chi connectivity index (χ4v) is 3.67. The number of aromatic carboxylic acids is 1. The number of carboxylic acid groups (broad SMARTS) is 1. The maximum Gasteiger partial charge on any atom is 0.335 e. The molecule has 0 saturated carbocycles. The first kappa shape index (κ1) is 22.1. The van der Waals surface area contributed by atoms with Gasteiger partial charge >= 0.3 is 5.97 Å². The molecule has 1 fully saturated rings. The third-order valence-electron chi connectivity index (χ3n) is 5.49. The van der Waals surface area contributed by atoms with E-state index in [4.69, 9.17) is 14.8 Å². The number of guanidine groups is 1. The van der Waals surface area contributed by atoms with Crippen molar-refractivity contribution >= 4 is 23.4 Å². The molecule has 0 radical (unpaired) electrons. The van der Waals surface area contributed by atoms with Crippen LogP contribution in [0.4, 0.5) is 11.5 Å². The Hall–Kier alpha value is -4.07. The molecular weight excluding hydrogens is 418 g/mol. The zero-order chi connectivity index (χ0) is 23.0. The molecule has 0 spiro atoms. The molecule has 1 aliphatic heterocycles. The first-order valence-corrected chi connectivity index (χ1v) is 10.8. The maximum atomic E-state index is 11.2. The highest BCUT2D eigenvalue weighted by Gasteiger charge is 2.21. The molecule has 1 saturated heterocycles. The third-order valence-corrected chi connectivity index (χ3v) is 5.49. The molecule has 0 amide bonds. The van der Waals surface area contributed by atoms with Crippen LogP contribution in [-0.2, 0) is 6.54 Å². The average molecular weight is 446 g/mol. The van der Waals surface area contributed by atoms with Crippen molar-refractivity contribution < 1.29 is 14.6 Å². The molecular formula is C25H27N5O3. The van der Waals surface area contributed by atoms with Crippen LogP contribution in [0.15, 0.2) is 77.9 Å². The number of pyridine rings is 1. The number of rotatable bonds is 6. The highest BCUT2D eigenvalue weighted by atomic mass is 16.5. The van der Waals surface area contributed by atoms with Gasteiger partial charge in [0.15, 0.2) is 5.96 Å². The molecule has 2 N–H and O–H groups in total. The van der Waals surface area contributed by atoms with Gasteiger partial charge in [0, 0.05) is 38.1 Å². The molecule has 8 heteroatoms. The molecule has 4 rings (SSSR count). The predicted octanol–water partition coefficient (Wildman–Crippen LogP) is 3.58.